The van der Waals surface area contributed by atoms with E-state index in [0.717, 1.165) is 32.4 Å². The lowest BCUT2D eigenvalue weighted by molar-refractivity contribution is 0.0764. The molecular formula is C14H20ClN3O. The molecule has 0 unspecified atom stereocenters. The summed E-state index contributed by atoms with van der Waals surface area (Å²) in [6.45, 7) is 5.92. The zero-order valence-electron chi connectivity index (χ0n) is 11.4. The van der Waals surface area contributed by atoms with Crippen molar-refractivity contribution in [3.8, 4) is 0 Å². The molecule has 19 heavy (non-hydrogen) atoms. The Bertz CT molecular complexity index is 486. The molecule has 2 heterocycles. The van der Waals surface area contributed by atoms with Crippen molar-refractivity contribution in [3.05, 3.63) is 22.8 Å². The minimum atomic E-state index is -0.110. The Hall–Kier alpha value is -1.29. The maximum absolute atomic E-state index is 12.5. The molecule has 0 spiro atoms. The van der Waals surface area contributed by atoms with Crippen LogP contribution in [-0.4, -0.2) is 28.9 Å². The van der Waals surface area contributed by atoms with E-state index in [0.29, 0.717) is 10.8 Å². The molecular weight excluding hydrogens is 262 g/mol. The highest BCUT2D eigenvalue weighted by Crippen LogP contribution is 2.37. The molecule has 0 aromatic carbocycles. The summed E-state index contributed by atoms with van der Waals surface area (Å²) in [5.74, 6) is 0.213. The standard InChI is InChI=1S/C14H20ClN3O/c1-3-14(4-2)7-8-18(9-14)13(19)12-10(15)5-6-11(16)17-12/h5-6H,3-4,7-9H2,1-2H3,(H2,16,17). The van der Waals surface area contributed by atoms with Crippen LogP contribution in [0.1, 0.15) is 43.6 Å². The predicted molar refractivity (Wildman–Crippen MR) is 77.2 cm³/mol. The minimum Gasteiger partial charge on any atom is -0.384 e. The molecule has 0 saturated carbocycles. The third-order valence-electron chi connectivity index (χ3n) is 4.30. The fourth-order valence-corrected chi connectivity index (χ4v) is 2.88. The summed E-state index contributed by atoms with van der Waals surface area (Å²) in [5.41, 5.74) is 6.15. The largest absolute Gasteiger partial charge is 0.384 e. The number of aromatic nitrogens is 1. The summed E-state index contributed by atoms with van der Waals surface area (Å²) in [7, 11) is 0. The number of nitrogen functional groups attached to an aromatic ring is 1. The first-order valence-corrected chi connectivity index (χ1v) is 7.10. The van der Waals surface area contributed by atoms with Crippen molar-refractivity contribution >= 4 is 23.3 Å². The minimum absolute atomic E-state index is 0.110. The zero-order valence-corrected chi connectivity index (χ0v) is 12.2. The maximum atomic E-state index is 12.5. The van der Waals surface area contributed by atoms with Gasteiger partial charge in [-0.15, -0.1) is 0 Å². The highest BCUT2D eigenvalue weighted by atomic mass is 35.5. The number of rotatable bonds is 3. The first-order chi connectivity index (χ1) is 9.01. The van der Waals surface area contributed by atoms with Crippen LogP contribution in [0.5, 0.6) is 0 Å². The van der Waals surface area contributed by atoms with Gasteiger partial charge in [-0.25, -0.2) is 4.98 Å². The summed E-state index contributed by atoms with van der Waals surface area (Å²) in [6.07, 6.45) is 3.22. The van der Waals surface area contributed by atoms with Crippen molar-refractivity contribution < 1.29 is 4.79 Å². The summed E-state index contributed by atoms with van der Waals surface area (Å²) in [4.78, 5) is 18.4. The van der Waals surface area contributed by atoms with Gasteiger partial charge in [0.15, 0.2) is 0 Å². The molecule has 0 bridgehead atoms. The van der Waals surface area contributed by atoms with Crippen LogP contribution in [0.25, 0.3) is 0 Å². The van der Waals surface area contributed by atoms with Crippen molar-refractivity contribution in [1.82, 2.24) is 9.88 Å². The molecule has 1 aromatic rings. The normalized spacial score (nSPS) is 17.7. The molecule has 0 radical (unpaired) electrons. The SMILES string of the molecule is CCC1(CC)CCN(C(=O)c2nc(N)ccc2Cl)C1. The quantitative estimate of drug-likeness (QED) is 0.927. The van der Waals surface area contributed by atoms with Crippen molar-refractivity contribution in [2.24, 2.45) is 5.41 Å². The first-order valence-electron chi connectivity index (χ1n) is 6.72. The van der Waals surface area contributed by atoms with E-state index in [4.69, 9.17) is 17.3 Å². The van der Waals surface area contributed by atoms with Gasteiger partial charge in [0.2, 0.25) is 0 Å². The van der Waals surface area contributed by atoms with Crippen LogP contribution in [0.2, 0.25) is 5.02 Å². The van der Waals surface area contributed by atoms with Gasteiger partial charge in [0.1, 0.15) is 11.5 Å². The van der Waals surface area contributed by atoms with Gasteiger partial charge in [0, 0.05) is 13.1 Å². The fraction of sp³-hybridized carbons (Fsp3) is 0.571. The Labute approximate surface area is 118 Å². The Morgan fingerprint density at radius 1 is 1.47 bits per heavy atom. The Morgan fingerprint density at radius 2 is 2.16 bits per heavy atom. The van der Waals surface area contributed by atoms with E-state index in [9.17, 15) is 4.79 Å². The molecule has 0 atom stereocenters. The van der Waals surface area contributed by atoms with Crippen LogP contribution in [0.15, 0.2) is 12.1 Å². The number of hydrogen-bond acceptors (Lipinski definition) is 3. The number of nitrogens with two attached hydrogens (primary N) is 1. The van der Waals surface area contributed by atoms with Crippen LogP contribution >= 0.6 is 11.6 Å². The predicted octanol–water partition coefficient (Wildman–Crippen LogP) is 2.97. The van der Waals surface area contributed by atoms with Gasteiger partial charge >= 0.3 is 0 Å². The highest BCUT2D eigenvalue weighted by molar-refractivity contribution is 6.33. The molecule has 5 heteroatoms. The lowest BCUT2D eigenvalue weighted by Crippen LogP contribution is -2.32. The topological polar surface area (TPSA) is 59.2 Å². The van der Waals surface area contributed by atoms with Gasteiger partial charge in [-0.3, -0.25) is 4.79 Å². The van der Waals surface area contributed by atoms with Gasteiger partial charge < -0.3 is 10.6 Å². The Kier molecular flexibility index (Phi) is 3.99. The van der Waals surface area contributed by atoms with Gasteiger partial charge in [-0.2, -0.15) is 0 Å². The monoisotopic (exact) mass is 281 g/mol. The molecule has 1 aliphatic rings. The van der Waals surface area contributed by atoms with E-state index in [1.807, 2.05) is 4.90 Å². The van der Waals surface area contributed by atoms with E-state index in [1.165, 1.54) is 0 Å². The maximum Gasteiger partial charge on any atom is 0.274 e. The highest BCUT2D eigenvalue weighted by Gasteiger charge is 2.38. The number of likely N-dealkylation sites (tertiary alicyclic amines) is 1. The summed E-state index contributed by atoms with van der Waals surface area (Å²) < 4.78 is 0. The summed E-state index contributed by atoms with van der Waals surface area (Å²) in [5, 5.41) is 0.365. The number of amides is 1. The van der Waals surface area contributed by atoms with Gasteiger partial charge in [-0.1, -0.05) is 25.4 Å². The first kappa shape index (κ1) is 14.1. The van der Waals surface area contributed by atoms with Crippen LogP contribution in [0.3, 0.4) is 0 Å². The number of pyridine rings is 1. The van der Waals surface area contributed by atoms with E-state index < -0.39 is 0 Å². The van der Waals surface area contributed by atoms with E-state index in [-0.39, 0.29) is 17.0 Å². The number of carbonyl (C=O) groups is 1. The average molecular weight is 282 g/mol. The number of anilines is 1. The molecule has 2 rings (SSSR count). The van der Waals surface area contributed by atoms with Crippen molar-refractivity contribution in [2.75, 3.05) is 18.8 Å². The number of nitrogens with zero attached hydrogens (tertiary/aromatic N) is 2. The Balaban J connectivity index is 2.20. The lowest BCUT2D eigenvalue weighted by Gasteiger charge is -2.26. The van der Waals surface area contributed by atoms with E-state index >= 15 is 0 Å². The lowest BCUT2D eigenvalue weighted by atomic mass is 9.82. The molecule has 1 aromatic heterocycles. The number of halogens is 1. The smallest absolute Gasteiger partial charge is 0.274 e. The summed E-state index contributed by atoms with van der Waals surface area (Å²) in [6, 6.07) is 3.23. The zero-order chi connectivity index (χ0) is 14.0. The van der Waals surface area contributed by atoms with Gasteiger partial charge in [0.05, 0.1) is 5.02 Å². The molecule has 1 saturated heterocycles. The van der Waals surface area contributed by atoms with Crippen molar-refractivity contribution in [2.45, 2.75) is 33.1 Å². The van der Waals surface area contributed by atoms with Gasteiger partial charge in [-0.05, 0) is 36.8 Å². The molecule has 4 nitrogen and oxygen atoms in total. The van der Waals surface area contributed by atoms with Crippen LogP contribution < -0.4 is 5.73 Å². The molecule has 0 aliphatic carbocycles. The third kappa shape index (κ3) is 2.68. The van der Waals surface area contributed by atoms with Crippen LogP contribution in [0, 0.1) is 5.41 Å². The molecule has 2 N–H and O–H groups in total. The van der Waals surface area contributed by atoms with Crippen molar-refractivity contribution in [3.63, 3.8) is 0 Å². The summed E-state index contributed by atoms with van der Waals surface area (Å²) >= 11 is 6.04. The van der Waals surface area contributed by atoms with Crippen LogP contribution in [0.4, 0.5) is 5.82 Å². The fourth-order valence-electron chi connectivity index (χ4n) is 2.69. The molecule has 1 aliphatic heterocycles. The number of hydrogen-bond donors (Lipinski definition) is 1. The van der Waals surface area contributed by atoms with E-state index in [1.54, 1.807) is 12.1 Å². The second-order valence-electron chi connectivity index (χ2n) is 5.25. The average Bonchev–Trinajstić information content (AvgIpc) is 2.86. The Morgan fingerprint density at radius 3 is 2.74 bits per heavy atom. The number of carbonyl (C=O) groups excluding carboxylic acids is 1. The molecule has 1 fully saturated rings. The van der Waals surface area contributed by atoms with Crippen molar-refractivity contribution in [1.29, 1.82) is 0 Å². The van der Waals surface area contributed by atoms with Gasteiger partial charge in [0.25, 0.3) is 5.91 Å². The molecule has 104 valence electrons. The third-order valence-corrected chi connectivity index (χ3v) is 4.60. The molecule has 1 amide bonds. The van der Waals surface area contributed by atoms with Crippen LogP contribution in [-0.2, 0) is 0 Å². The van der Waals surface area contributed by atoms with E-state index in [2.05, 4.69) is 18.8 Å². The second kappa shape index (κ2) is 5.37. The second-order valence-corrected chi connectivity index (χ2v) is 5.66.